The molecule has 1 aromatic heterocycles. The number of esters is 1. The predicted molar refractivity (Wildman–Crippen MR) is 50.1 cm³/mol. The van der Waals surface area contributed by atoms with Gasteiger partial charge < -0.3 is 9.15 Å². The molecule has 14 heavy (non-hydrogen) atoms. The summed E-state index contributed by atoms with van der Waals surface area (Å²) in [6, 6.07) is 3.57. The van der Waals surface area contributed by atoms with Crippen LogP contribution < -0.4 is 0 Å². The lowest BCUT2D eigenvalue weighted by Crippen LogP contribution is -2.01. The smallest absolute Gasteiger partial charge is 0.341 e. The first-order chi connectivity index (χ1) is 6.72. The van der Waals surface area contributed by atoms with E-state index < -0.39 is 5.97 Å². The third-order valence-electron chi connectivity index (χ3n) is 1.98. The van der Waals surface area contributed by atoms with E-state index in [1.54, 1.807) is 6.07 Å². The molecule has 0 aliphatic heterocycles. The maximum Gasteiger partial charge on any atom is 0.341 e. The Labute approximate surface area is 80.5 Å². The lowest BCUT2D eigenvalue weighted by atomic mass is 10.1. The summed E-state index contributed by atoms with van der Waals surface area (Å²) in [5.41, 5.74) is 2.51. The summed E-state index contributed by atoms with van der Waals surface area (Å²) in [6.07, 6.45) is 1.32. The average Bonchev–Trinajstić information content (AvgIpc) is 2.62. The van der Waals surface area contributed by atoms with E-state index in [1.165, 1.54) is 13.5 Å². The summed E-state index contributed by atoms with van der Waals surface area (Å²) in [6.45, 7) is 1.89. The molecule has 1 heterocycles. The summed E-state index contributed by atoms with van der Waals surface area (Å²) < 4.78 is 9.76. The molecule has 0 saturated carbocycles. The second-order valence-corrected chi connectivity index (χ2v) is 3.00. The van der Waals surface area contributed by atoms with Gasteiger partial charge in [-0.1, -0.05) is 0 Å². The molecule has 0 N–H and O–H groups in total. The zero-order chi connectivity index (χ0) is 10.1. The Bertz CT molecular complexity index is 487. The van der Waals surface area contributed by atoms with Crippen LogP contribution in [0.2, 0.25) is 0 Å². The number of hydrogen-bond acceptors (Lipinski definition) is 4. The van der Waals surface area contributed by atoms with Crippen LogP contribution in [0.15, 0.2) is 22.9 Å². The van der Waals surface area contributed by atoms with Crippen molar-refractivity contribution >= 4 is 17.1 Å². The molecule has 4 nitrogen and oxygen atoms in total. The molecule has 0 fully saturated rings. The normalized spacial score (nSPS) is 10.4. The molecule has 0 aliphatic rings. The summed E-state index contributed by atoms with van der Waals surface area (Å²) in [5.74, 6) is -0.407. The Morgan fingerprint density at radius 3 is 3.00 bits per heavy atom. The Hall–Kier alpha value is -1.84. The lowest BCUT2D eigenvalue weighted by molar-refractivity contribution is 0.0601. The minimum absolute atomic E-state index is 0.407. The van der Waals surface area contributed by atoms with Gasteiger partial charge in [0, 0.05) is 0 Å². The van der Waals surface area contributed by atoms with Crippen LogP contribution in [0.5, 0.6) is 0 Å². The Morgan fingerprint density at radius 2 is 2.29 bits per heavy atom. The van der Waals surface area contributed by atoms with Gasteiger partial charge in [-0.05, 0) is 24.6 Å². The fourth-order valence-electron chi connectivity index (χ4n) is 1.37. The van der Waals surface area contributed by atoms with Crippen molar-refractivity contribution in [1.29, 1.82) is 0 Å². The zero-order valence-corrected chi connectivity index (χ0v) is 7.90. The van der Waals surface area contributed by atoms with Crippen molar-refractivity contribution in [2.24, 2.45) is 0 Å². The van der Waals surface area contributed by atoms with Gasteiger partial charge in [-0.25, -0.2) is 9.78 Å². The van der Waals surface area contributed by atoms with Crippen LogP contribution in [0.4, 0.5) is 0 Å². The molecule has 2 aromatic rings. The Kier molecular flexibility index (Phi) is 1.96. The summed E-state index contributed by atoms with van der Waals surface area (Å²) >= 11 is 0. The van der Waals surface area contributed by atoms with Crippen molar-refractivity contribution in [2.75, 3.05) is 7.11 Å². The first-order valence-electron chi connectivity index (χ1n) is 4.14. The van der Waals surface area contributed by atoms with Crippen LogP contribution in [-0.2, 0) is 4.74 Å². The van der Waals surface area contributed by atoms with Gasteiger partial charge >= 0.3 is 5.97 Å². The van der Waals surface area contributed by atoms with Gasteiger partial charge in [-0.2, -0.15) is 0 Å². The number of aromatic nitrogens is 1. The second-order valence-electron chi connectivity index (χ2n) is 3.00. The Balaban J connectivity index is 2.72. The van der Waals surface area contributed by atoms with Gasteiger partial charge in [-0.15, -0.1) is 0 Å². The highest BCUT2D eigenvalue weighted by Crippen LogP contribution is 2.20. The van der Waals surface area contributed by atoms with Crippen LogP contribution in [-0.4, -0.2) is 18.1 Å². The van der Waals surface area contributed by atoms with Crippen LogP contribution >= 0.6 is 0 Å². The van der Waals surface area contributed by atoms with Crippen molar-refractivity contribution in [1.82, 2.24) is 4.98 Å². The largest absolute Gasteiger partial charge is 0.465 e. The molecule has 72 valence electrons. The molecule has 0 bridgehead atoms. The highest BCUT2D eigenvalue weighted by atomic mass is 16.5. The fourth-order valence-corrected chi connectivity index (χ4v) is 1.37. The fraction of sp³-hybridized carbons (Fsp3) is 0.200. The Morgan fingerprint density at radius 1 is 1.50 bits per heavy atom. The summed E-state index contributed by atoms with van der Waals surface area (Å²) in [7, 11) is 1.34. The second kappa shape index (κ2) is 3.14. The van der Waals surface area contributed by atoms with E-state index in [0.29, 0.717) is 16.7 Å². The van der Waals surface area contributed by atoms with Crippen molar-refractivity contribution < 1.29 is 13.9 Å². The molecule has 2 rings (SSSR count). The van der Waals surface area contributed by atoms with E-state index in [4.69, 9.17) is 4.42 Å². The third-order valence-corrected chi connectivity index (χ3v) is 1.98. The van der Waals surface area contributed by atoms with Crippen molar-refractivity contribution in [3.63, 3.8) is 0 Å². The number of carbonyl (C=O) groups excluding carboxylic acids is 1. The number of carbonyl (C=O) groups is 1. The molecule has 0 unspecified atom stereocenters. The number of ether oxygens (including phenoxy) is 1. The molecule has 0 radical (unpaired) electrons. The van der Waals surface area contributed by atoms with Gasteiger partial charge in [0.2, 0.25) is 0 Å². The maximum absolute atomic E-state index is 11.4. The highest BCUT2D eigenvalue weighted by Gasteiger charge is 2.14. The van der Waals surface area contributed by atoms with E-state index in [1.807, 2.05) is 13.0 Å². The number of oxazole rings is 1. The number of methoxy groups -OCH3 is 1. The van der Waals surface area contributed by atoms with Crippen molar-refractivity contribution in [3.8, 4) is 0 Å². The number of nitrogens with zero attached hydrogens (tertiary/aromatic N) is 1. The molecule has 0 aliphatic carbocycles. The summed E-state index contributed by atoms with van der Waals surface area (Å²) in [4.78, 5) is 15.4. The zero-order valence-electron chi connectivity index (χ0n) is 7.90. The van der Waals surface area contributed by atoms with E-state index in [0.717, 1.165) is 5.56 Å². The van der Waals surface area contributed by atoms with Gasteiger partial charge in [-0.3, -0.25) is 0 Å². The quantitative estimate of drug-likeness (QED) is 0.646. The molecule has 4 heteroatoms. The lowest BCUT2D eigenvalue weighted by Gasteiger charge is -2.00. The monoisotopic (exact) mass is 191 g/mol. The number of hydrogen-bond donors (Lipinski definition) is 0. The number of rotatable bonds is 1. The number of benzene rings is 1. The van der Waals surface area contributed by atoms with Gasteiger partial charge in [0.1, 0.15) is 11.1 Å². The third kappa shape index (κ3) is 1.25. The minimum Gasteiger partial charge on any atom is -0.465 e. The highest BCUT2D eigenvalue weighted by molar-refractivity contribution is 6.01. The van der Waals surface area contributed by atoms with Gasteiger partial charge in [0.05, 0.1) is 7.11 Å². The van der Waals surface area contributed by atoms with Crippen LogP contribution in [0, 0.1) is 6.92 Å². The van der Waals surface area contributed by atoms with Crippen LogP contribution in [0.3, 0.4) is 0 Å². The predicted octanol–water partition coefficient (Wildman–Crippen LogP) is 1.92. The van der Waals surface area contributed by atoms with E-state index in [2.05, 4.69) is 9.72 Å². The minimum atomic E-state index is -0.407. The standard InChI is InChI=1S/C10H9NO3/c1-6-3-7(10(12)13-2)9-8(4-6)11-5-14-9/h3-5H,1-2H3. The maximum atomic E-state index is 11.4. The van der Waals surface area contributed by atoms with Crippen LogP contribution in [0.25, 0.3) is 11.1 Å². The first-order valence-corrected chi connectivity index (χ1v) is 4.14. The van der Waals surface area contributed by atoms with Crippen molar-refractivity contribution in [2.45, 2.75) is 6.92 Å². The van der Waals surface area contributed by atoms with E-state index in [-0.39, 0.29) is 0 Å². The molecular weight excluding hydrogens is 182 g/mol. The SMILES string of the molecule is COC(=O)c1cc(C)cc2ncoc12. The molecule has 0 spiro atoms. The number of aryl methyl sites for hydroxylation is 1. The molecular formula is C10H9NO3. The number of fused-ring (bicyclic) bond motifs is 1. The molecule has 0 amide bonds. The van der Waals surface area contributed by atoms with Gasteiger partial charge in [0.15, 0.2) is 12.0 Å². The topological polar surface area (TPSA) is 52.3 Å². The van der Waals surface area contributed by atoms with E-state index in [9.17, 15) is 4.79 Å². The summed E-state index contributed by atoms with van der Waals surface area (Å²) in [5, 5.41) is 0. The first kappa shape index (κ1) is 8.74. The van der Waals surface area contributed by atoms with Crippen molar-refractivity contribution in [3.05, 3.63) is 29.7 Å². The van der Waals surface area contributed by atoms with Crippen LogP contribution in [0.1, 0.15) is 15.9 Å². The molecule has 1 aromatic carbocycles. The van der Waals surface area contributed by atoms with E-state index >= 15 is 0 Å². The van der Waals surface area contributed by atoms with Gasteiger partial charge in [0.25, 0.3) is 0 Å². The molecule has 0 saturated heterocycles. The molecule has 0 atom stereocenters. The average molecular weight is 191 g/mol.